The van der Waals surface area contributed by atoms with Crippen molar-refractivity contribution in [1.29, 1.82) is 0 Å². The fourth-order valence-corrected chi connectivity index (χ4v) is 2.92. The van der Waals surface area contributed by atoms with E-state index in [0.717, 1.165) is 31.7 Å². The van der Waals surface area contributed by atoms with Gasteiger partial charge in [-0.2, -0.15) is 0 Å². The Balaban J connectivity index is 1.68. The van der Waals surface area contributed by atoms with E-state index in [0.29, 0.717) is 16.4 Å². The predicted octanol–water partition coefficient (Wildman–Crippen LogP) is 2.24. The number of carbonyl (C=O) groups is 1. The van der Waals surface area contributed by atoms with Gasteiger partial charge in [-0.05, 0) is 19.8 Å². The molecule has 3 rings (SSSR count). The number of aromatic nitrogens is 2. The number of hydrazine groups is 1. The summed E-state index contributed by atoms with van der Waals surface area (Å²) in [6, 6.07) is 1.81. The van der Waals surface area contributed by atoms with Crippen molar-refractivity contribution in [2.45, 2.75) is 26.2 Å². The number of piperidine rings is 1. The van der Waals surface area contributed by atoms with Crippen LogP contribution in [0.1, 0.15) is 35.5 Å². The van der Waals surface area contributed by atoms with E-state index < -0.39 is 0 Å². The van der Waals surface area contributed by atoms with Crippen molar-refractivity contribution in [3.05, 3.63) is 22.9 Å². The van der Waals surface area contributed by atoms with Gasteiger partial charge in [-0.25, -0.2) is 9.99 Å². The molecule has 6 nitrogen and oxygen atoms in total. The average molecular weight is 292 g/mol. The summed E-state index contributed by atoms with van der Waals surface area (Å²) >= 11 is 1.39. The second-order valence-electron chi connectivity index (χ2n) is 4.85. The van der Waals surface area contributed by atoms with Crippen LogP contribution >= 0.6 is 11.3 Å². The average Bonchev–Trinajstić information content (AvgIpc) is 3.08. The standard InChI is InChI=1S/C13H16N4O2S/c1-9-7-10(16-19-9)13-14-11(8-20-13)12(18)15-17-5-3-2-4-6-17/h7-8H,2-6H2,1H3,(H,15,18). The minimum Gasteiger partial charge on any atom is -0.361 e. The number of nitrogens with one attached hydrogen (secondary N) is 1. The van der Waals surface area contributed by atoms with Crippen LogP contribution in [0.5, 0.6) is 0 Å². The summed E-state index contributed by atoms with van der Waals surface area (Å²) in [6.45, 7) is 3.64. The van der Waals surface area contributed by atoms with E-state index in [-0.39, 0.29) is 5.91 Å². The van der Waals surface area contributed by atoms with Gasteiger partial charge in [0.2, 0.25) is 0 Å². The van der Waals surface area contributed by atoms with E-state index in [2.05, 4.69) is 15.6 Å². The molecule has 0 unspecified atom stereocenters. The van der Waals surface area contributed by atoms with Crippen LogP contribution < -0.4 is 5.43 Å². The maximum atomic E-state index is 12.1. The van der Waals surface area contributed by atoms with Crippen LogP contribution in [-0.2, 0) is 0 Å². The molecular formula is C13H16N4O2S. The lowest BCUT2D eigenvalue weighted by atomic mass is 10.2. The molecule has 1 fully saturated rings. The predicted molar refractivity (Wildman–Crippen MR) is 75.2 cm³/mol. The van der Waals surface area contributed by atoms with E-state index in [1.54, 1.807) is 5.38 Å². The number of hydrogen-bond donors (Lipinski definition) is 1. The Bertz CT molecular complexity index is 601. The normalized spacial score (nSPS) is 16.2. The topological polar surface area (TPSA) is 71.3 Å². The summed E-state index contributed by atoms with van der Waals surface area (Å²) in [5.41, 5.74) is 4.00. The van der Waals surface area contributed by atoms with Crippen molar-refractivity contribution in [1.82, 2.24) is 20.6 Å². The number of amides is 1. The molecule has 1 amide bonds. The fourth-order valence-electron chi connectivity index (χ4n) is 2.17. The molecule has 106 valence electrons. The largest absolute Gasteiger partial charge is 0.361 e. The van der Waals surface area contributed by atoms with E-state index >= 15 is 0 Å². The molecule has 1 saturated heterocycles. The molecule has 0 aliphatic carbocycles. The van der Waals surface area contributed by atoms with Gasteiger partial charge in [0, 0.05) is 24.5 Å². The molecular weight excluding hydrogens is 276 g/mol. The number of nitrogens with zero attached hydrogens (tertiary/aromatic N) is 3. The molecule has 1 N–H and O–H groups in total. The van der Waals surface area contributed by atoms with Crippen LogP contribution in [0.4, 0.5) is 0 Å². The van der Waals surface area contributed by atoms with Gasteiger partial charge in [-0.1, -0.05) is 11.6 Å². The molecule has 0 bridgehead atoms. The zero-order chi connectivity index (χ0) is 13.9. The Morgan fingerprint density at radius 3 is 2.90 bits per heavy atom. The first kappa shape index (κ1) is 13.3. The zero-order valence-corrected chi connectivity index (χ0v) is 12.1. The first-order valence-corrected chi connectivity index (χ1v) is 7.55. The quantitative estimate of drug-likeness (QED) is 0.939. The SMILES string of the molecule is Cc1cc(-c2nc(C(=O)NN3CCCCC3)cs2)no1. The first-order chi connectivity index (χ1) is 9.72. The molecule has 3 heterocycles. The first-order valence-electron chi connectivity index (χ1n) is 6.67. The van der Waals surface area contributed by atoms with Gasteiger partial charge in [0.05, 0.1) is 0 Å². The van der Waals surface area contributed by atoms with Gasteiger partial charge < -0.3 is 4.52 Å². The van der Waals surface area contributed by atoms with Crippen LogP contribution in [0.3, 0.4) is 0 Å². The molecule has 0 spiro atoms. The summed E-state index contributed by atoms with van der Waals surface area (Å²) in [5, 5.41) is 8.32. The molecule has 1 aliphatic heterocycles. The third-order valence-corrected chi connectivity index (χ3v) is 4.06. The van der Waals surface area contributed by atoms with Crippen molar-refractivity contribution < 1.29 is 9.32 Å². The highest BCUT2D eigenvalue weighted by molar-refractivity contribution is 7.13. The summed E-state index contributed by atoms with van der Waals surface area (Å²) < 4.78 is 5.02. The minimum atomic E-state index is -0.158. The number of thiazole rings is 1. The van der Waals surface area contributed by atoms with Crippen molar-refractivity contribution in [3.8, 4) is 10.7 Å². The van der Waals surface area contributed by atoms with E-state index in [9.17, 15) is 4.79 Å². The Morgan fingerprint density at radius 2 is 2.20 bits per heavy atom. The molecule has 0 aromatic carbocycles. The highest BCUT2D eigenvalue weighted by atomic mass is 32.1. The van der Waals surface area contributed by atoms with Crippen LogP contribution in [0.15, 0.2) is 16.0 Å². The molecule has 0 radical (unpaired) electrons. The van der Waals surface area contributed by atoms with E-state index in [1.165, 1.54) is 17.8 Å². The van der Waals surface area contributed by atoms with Crippen molar-refractivity contribution >= 4 is 17.2 Å². The maximum absolute atomic E-state index is 12.1. The van der Waals surface area contributed by atoms with Crippen LogP contribution in [0, 0.1) is 6.92 Å². The van der Waals surface area contributed by atoms with Gasteiger partial charge >= 0.3 is 0 Å². The molecule has 0 atom stereocenters. The number of rotatable bonds is 3. The lowest BCUT2D eigenvalue weighted by Crippen LogP contribution is -2.45. The van der Waals surface area contributed by atoms with E-state index in [4.69, 9.17) is 4.52 Å². The lowest BCUT2D eigenvalue weighted by molar-refractivity contribution is 0.0745. The second kappa shape index (κ2) is 5.72. The van der Waals surface area contributed by atoms with Crippen LogP contribution in [-0.4, -0.2) is 34.1 Å². The van der Waals surface area contributed by atoms with Gasteiger partial charge in [-0.15, -0.1) is 11.3 Å². The highest BCUT2D eigenvalue weighted by Gasteiger charge is 2.17. The van der Waals surface area contributed by atoms with Crippen LogP contribution in [0.2, 0.25) is 0 Å². The van der Waals surface area contributed by atoms with E-state index in [1.807, 2.05) is 18.0 Å². The van der Waals surface area contributed by atoms with Gasteiger partial charge in [0.15, 0.2) is 0 Å². The molecule has 20 heavy (non-hydrogen) atoms. The number of carbonyl (C=O) groups excluding carboxylic acids is 1. The number of hydrogen-bond acceptors (Lipinski definition) is 6. The van der Waals surface area contributed by atoms with Crippen molar-refractivity contribution in [3.63, 3.8) is 0 Å². The molecule has 2 aromatic rings. The lowest BCUT2D eigenvalue weighted by Gasteiger charge is -2.26. The third kappa shape index (κ3) is 2.88. The smallest absolute Gasteiger partial charge is 0.285 e. The van der Waals surface area contributed by atoms with Gasteiger partial charge in [0.25, 0.3) is 5.91 Å². The Kier molecular flexibility index (Phi) is 3.79. The number of aryl methyl sites for hydroxylation is 1. The molecule has 2 aromatic heterocycles. The van der Waals surface area contributed by atoms with Gasteiger partial charge in [-0.3, -0.25) is 10.2 Å². The monoisotopic (exact) mass is 292 g/mol. The summed E-state index contributed by atoms with van der Waals surface area (Å²) in [7, 11) is 0. The second-order valence-corrected chi connectivity index (χ2v) is 5.71. The van der Waals surface area contributed by atoms with Crippen LogP contribution in [0.25, 0.3) is 10.7 Å². The minimum absolute atomic E-state index is 0.158. The fraction of sp³-hybridized carbons (Fsp3) is 0.462. The van der Waals surface area contributed by atoms with Crippen molar-refractivity contribution in [2.75, 3.05) is 13.1 Å². The summed E-state index contributed by atoms with van der Waals surface area (Å²) in [6.07, 6.45) is 3.49. The highest BCUT2D eigenvalue weighted by Crippen LogP contribution is 2.23. The Hall–Kier alpha value is -1.73. The van der Waals surface area contributed by atoms with Crippen molar-refractivity contribution in [2.24, 2.45) is 0 Å². The molecule has 7 heteroatoms. The Labute approximate surface area is 120 Å². The Morgan fingerprint density at radius 1 is 1.40 bits per heavy atom. The molecule has 1 aliphatic rings. The van der Waals surface area contributed by atoms with Gasteiger partial charge in [0.1, 0.15) is 22.2 Å². The molecule has 0 saturated carbocycles. The zero-order valence-electron chi connectivity index (χ0n) is 11.3. The summed E-state index contributed by atoms with van der Waals surface area (Å²) in [5.74, 6) is 0.573. The third-order valence-electron chi connectivity index (χ3n) is 3.20. The summed E-state index contributed by atoms with van der Waals surface area (Å²) in [4.78, 5) is 16.4. The maximum Gasteiger partial charge on any atom is 0.285 e.